The Morgan fingerprint density at radius 1 is 1.20 bits per heavy atom. The number of ketones is 1. The number of nitrogens with zero attached hydrogens (tertiary/aromatic N) is 6. The highest BCUT2D eigenvalue weighted by molar-refractivity contribution is 5.97. The molecule has 1 unspecified atom stereocenters. The SMILES string of the molecule is C[C@@H]1CC12c1nncn1-c1cnc(CC(=O)c3ccccc3)nc1N2C1CCCC1. The summed E-state index contributed by atoms with van der Waals surface area (Å²) in [6.45, 7) is 2.28. The molecule has 152 valence electrons. The minimum Gasteiger partial charge on any atom is -0.339 e. The number of anilines is 1. The van der Waals surface area contributed by atoms with Gasteiger partial charge in [0.15, 0.2) is 17.4 Å². The number of fused-ring (bicyclic) bond motifs is 4. The van der Waals surface area contributed by atoms with Crippen molar-refractivity contribution in [1.82, 2.24) is 24.7 Å². The molecule has 7 nitrogen and oxygen atoms in total. The molecule has 0 radical (unpaired) electrons. The molecule has 3 heterocycles. The summed E-state index contributed by atoms with van der Waals surface area (Å²) in [6, 6.07) is 9.82. The molecule has 1 aliphatic heterocycles. The highest BCUT2D eigenvalue weighted by Gasteiger charge is 2.64. The fourth-order valence-corrected chi connectivity index (χ4v) is 5.42. The van der Waals surface area contributed by atoms with Gasteiger partial charge >= 0.3 is 0 Å². The summed E-state index contributed by atoms with van der Waals surface area (Å²) in [7, 11) is 0. The smallest absolute Gasteiger partial charge is 0.170 e. The highest BCUT2D eigenvalue weighted by Crippen LogP contribution is 2.61. The van der Waals surface area contributed by atoms with Crippen LogP contribution in [-0.4, -0.2) is 36.6 Å². The van der Waals surface area contributed by atoms with E-state index in [1.165, 1.54) is 25.7 Å². The lowest BCUT2D eigenvalue weighted by molar-refractivity contribution is 0.0991. The summed E-state index contributed by atoms with van der Waals surface area (Å²) < 4.78 is 2.05. The van der Waals surface area contributed by atoms with Gasteiger partial charge in [-0.05, 0) is 25.2 Å². The van der Waals surface area contributed by atoms with Gasteiger partial charge in [0.1, 0.15) is 23.4 Å². The van der Waals surface area contributed by atoms with Gasteiger partial charge in [0.05, 0.1) is 12.6 Å². The van der Waals surface area contributed by atoms with Crippen molar-refractivity contribution in [3.8, 4) is 5.69 Å². The van der Waals surface area contributed by atoms with Crippen molar-refractivity contribution in [2.24, 2.45) is 5.92 Å². The topological polar surface area (TPSA) is 76.8 Å². The lowest BCUT2D eigenvalue weighted by Gasteiger charge is -2.42. The Morgan fingerprint density at radius 3 is 2.70 bits per heavy atom. The number of carbonyl (C=O) groups is 1. The number of hydrogen-bond acceptors (Lipinski definition) is 6. The normalized spacial score (nSPS) is 24.7. The molecule has 2 aromatic heterocycles. The van der Waals surface area contributed by atoms with Crippen LogP contribution in [0.4, 0.5) is 5.82 Å². The molecule has 0 amide bonds. The van der Waals surface area contributed by atoms with Crippen LogP contribution < -0.4 is 4.90 Å². The van der Waals surface area contributed by atoms with E-state index in [-0.39, 0.29) is 17.7 Å². The Labute approximate surface area is 175 Å². The van der Waals surface area contributed by atoms with Gasteiger partial charge in [-0.1, -0.05) is 50.1 Å². The van der Waals surface area contributed by atoms with Gasteiger partial charge in [-0.3, -0.25) is 9.36 Å². The molecule has 1 spiro atoms. The van der Waals surface area contributed by atoms with Gasteiger partial charge in [0.2, 0.25) is 0 Å². The molecule has 6 rings (SSSR count). The monoisotopic (exact) mass is 400 g/mol. The van der Waals surface area contributed by atoms with Gasteiger partial charge in [0, 0.05) is 11.6 Å². The van der Waals surface area contributed by atoms with E-state index in [0.717, 1.165) is 23.8 Å². The zero-order valence-corrected chi connectivity index (χ0v) is 17.0. The third-order valence-corrected chi connectivity index (χ3v) is 7.03. The van der Waals surface area contributed by atoms with Crippen LogP contribution in [0.15, 0.2) is 42.9 Å². The van der Waals surface area contributed by atoms with Gasteiger partial charge < -0.3 is 4.90 Å². The molecule has 2 fully saturated rings. The van der Waals surface area contributed by atoms with Crippen LogP contribution in [0.3, 0.4) is 0 Å². The first-order valence-electron chi connectivity index (χ1n) is 10.8. The third-order valence-electron chi connectivity index (χ3n) is 7.03. The van der Waals surface area contributed by atoms with E-state index < -0.39 is 0 Å². The fourth-order valence-electron chi connectivity index (χ4n) is 5.42. The third kappa shape index (κ3) is 2.47. The van der Waals surface area contributed by atoms with E-state index >= 15 is 0 Å². The molecule has 2 atom stereocenters. The van der Waals surface area contributed by atoms with Gasteiger partial charge in [-0.15, -0.1) is 10.2 Å². The first-order valence-corrected chi connectivity index (χ1v) is 10.8. The van der Waals surface area contributed by atoms with Gasteiger partial charge in [0.25, 0.3) is 0 Å². The van der Waals surface area contributed by atoms with Crippen LogP contribution in [0.2, 0.25) is 0 Å². The first-order chi connectivity index (χ1) is 14.7. The second-order valence-corrected chi connectivity index (χ2v) is 8.82. The summed E-state index contributed by atoms with van der Waals surface area (Å²) in [5.74, 6) is 3.05. The Bertz CT molecular complexity index is 1120. The molecule has 3 aliphatic rings. The Kier molecular flexibility index (Phi) is 3.82. The van der Waals surface area contributed by atoms with Crippen molar-refractivity contribution in [3.63, 3.8) is 0 Å². The Morgan fingerprint density at radius 2 is 1.97 bits per heavy atom. The molecule has 7 heteroatoms. The Balaban J connectivity index is 1.44. The minimum atomic E-state index is -0.131. The number of benzene rings is 1. The largest absolute Gasteiger partial charge is 0.339 e. The maximum absolute atomic E-state index is 12.7. The number of rotatable bonds is 4. The molecular weight excluding hydrogens is 376 g/mol. The summed E-state index contributed by atoms with van der Waals surface area (Å²) in [6.07, 6.45) is 9.71. The van der Waals surface area contributed by atoms with Gasteiger partial charge in [-0.2, -0.15) is 0 Å². The molecule has 3 aromatic rings. The standard InChI is InChI=1S/C23H24N6O/c1-15-12-23(15)22-27-25-14-28(22)18-13-24-20(11-19(30)16-7-3-2-4-8-16)26-21(18)29(23)17-9-5-6-10-17/h2-4,7-8,13-15,17H,5-6,9-12H2,1H3/t15-,23?/m1/s1. The van der Waals surface area contributed by atoms with Crippen LogP contribution in [0, 0.1) is 5.92 Å². The van der Waals surface area contributed by atoms with E-state index in [4.69, 9.17) is 4.98 Å². The van der Waals surface area contributed by atoms with Crippen molar-refractivity contribution in [1.29, 1.82) is 0 Å². The number of carbonyl (C=O) groups excluding carboxylic acids is 1. The summed E-state index contributed by atoms with van der Waals surface area (Å²) in [5.41, 5.74) is 1.48. The van der Waals surface area contributed by atoms with Crippen molar-refractivity contribution in [2.45, 2.75) is 57.0 Å². The predicted octanol–water partition coefficient (Wildman–Crippen LogP) is 3.48. The van der Waals surface area contributed by atoms with E-state index in [9.17, 15) is 4.79 Å². The number of hydrogen-bond donors (Lipinski definition) is 0. The average molecular weight is 400 g/mol. The maximum atomic E-state index is 12.7. The lowest BCUT2D eigenvalue weighted by atomic mass is 10.0. The molecule has 0 bridgehead atoms. The van der Waals surface area contributed by atoms with Crippen molar-refractivity contribution >= 4 is 11.6 Å². The van der Waals surface area contributed by atoms with Crippen molar-refractivity contribution < 1.29 is 4.79 Å². The lowest BCUT2D eigenvalue weighted by Crippen LogP contribution is -2.48. The fraction of sp³-hybridized carbons (Fsp3) is 0.435. The second-order valence-electron chi connectivity index (χ2n) is 8.82. The number of aromatic nitrogens is 5. The Hall–Kier alpha value is -3.09. The molecule has 30 heavy (non-hydrogen) atoms. The molecule has 0 N–H and O–H groups in total. The predicted molar refractivity (Wildman–Crippen MR) is 112 cm³/mol. The van der Waals surface area contributed by atoms with E-state index in [2.05, 4.69) is 27.0 Å². The molecule has 0 saturated heterocycles. The second kappa shape index (κ2) is 6.45. The number of Topliss-reactive ketones (excluding diaryl/α,β-unsaturated/α-hetero) is 1. The van der Waals surface area contributed by atoms with E-state index in [1.807, 2.05) is 41.1 Å². The van der Waals surface area contributed by atoms with Gasteiger partial charge in [-0.25, -0.2) is 9.97 Å². The summed E-state index contributed by atoms with van der Waals surface area (Å²) in [4.78, 5) is 24.8. The molecule has 2 saturated carbocycles. The maximum Gasteiger partial charge on any atom is 0.170 e. The van der Waals surface area contributed by atoms with Crippen molar-refractivity contribution in [2.75, 3.05) is 4.90 Å². The zero-order chi connectivity index (χ0) is 20.3. The van der Waals surface area contributed by atoms with Crippen LogP contribution in [0.5, 0.6) is 0 Å². The molecule has 2 aliphatic carbocycles. The highest BCUT2D eigenvalue weighted by atomic mass is 16.1. The van der Waals surface area contributed by atoms with E-state index in [0.29, 0.717) is 23.3 Å². The summed E-state index contributed by atoms with van der Waals surface area (Å²) >= 11 is 0. The molecular formula is C23H24N6O. The molecule has 1 aromatic carbocycles. The van der Waals surface area contributed by atoms with Crippen LogP contribution in [-0.2, 0) is 12.0 Å². The van der Waals surface area contributed by atoms with Crippen molar-refractivity contribution in [3.05, 3.63) is 60.1 Å². The van der Waals surface area contributed by atoms with Crippen LogP contribution in [0.25, 0.3) is 5.69 Å². The quantitative estimate of drug-likeness (QED) is 0.624. The minimum absolute atomic E-state index is 0.0401. The van der Waals surface area contributed by atoms with Crippen LogP contribution >= 0.6 is 0 Å². The van der Waals surface area contributed by atoms with Crippen LogP contribution in [0.1, 0.15) is 61.0 Å². The zero-order valence-electron chi connectivity index (χ0n) is 17.0. The summed E-state index contributed by atoms with van der Waals surface area (Å²) in [5, 5.41) is 8.74. The first kappa shape index (κ1) is 17.7. The average Bonchev–Trinajstić information content (AvgIpc) is 3.19. The van der Waals surface area contributed by atoms with E-state index in [1.54, 1.807) is 6.33 Å².